The van der Waals surface area contributed by atoms with E-state index in [1.165, 1.54) is 8.66 Å². The van der Waals surface area contributed by atoms with Crippen molar-refractivity contribution >= 4 is 27.3 Å². The van der Waals surface area contributed by atoms with Crippen molar-refractivity contribution in [3.05, 3.63) is 20.8 Å². The Morgan fingerprint density at radius 3 is 2.92 bits per heavy atom. The highest BCUT2D eigenvalue weighted by Crippen LogP contribution is 2.26. The summed E-state index contributed by atoms with van der Waals surface area (Å²) in [6.07, 6.45) is 0.825. The lowest BCUT2D eigenvalue weighted by atomic mass is 10.0. The van der Waals surface area contributed by atoms with E-state index in [1.54, 1.807) is 11.3 Å². The minimum absolute atomic E-state index is 0.166. The van der Waals surface area contributed by atoms with Crippen LogP contribution in [0.2, 0.25) is 0 Å². The zero-order chi connectivity index (χ0) is 9.26. The molecular formula is C9H12BrNOS. The van der Waals surface area contributed by atoms with Crippen molar-refractivity contribution in [2.75, 3.05) is 13.1 Å². The Morgan fingerprint density at radius 2 is 2.38 bits per heavy atom. The summed E-state index contributed by atoms with van der Waals surface area (Å²) in [6, 6.07) is 4.19. The average molecular weight is 262 g/mol. The minimum Gasteiger partial charge on any atom is -0.391 e. The van der Waals surface area contributed by atoms with Crippen LogP contribution in [0.3, 0.4) is 0 Å². The molecule has 4 heteroatoms. The van der Waals surface area contributed by atoms with Crippen LogP contribution in [-0.2, 0) is 6.42 Å². The Kier molecular flexibility index (Phi) is 3.03. The number of aliphatic hydroxyl groups excluding tert-OH is 1. The van der Waals surface area contributed by atoms with E-state index in [9.17, 15) is 5.11 Å². The van der Waals surface area contributed by atoms with Gasteiger partial charge < -0.3 is 10.4 Å². The topological polar surface area (TPSA) is 32.3 Å². The highest BCUT2D eigenvalue weighted by molar-refractivity contribution is 9.11. The third kappa shape index (κ3) is 2.31. The lowest BCUT2D eigenvalue weighted by molar-refractivity contribution is 0.148. The van der Waals surface area contributed by atoms with Crippen molar-refractivity contribution in [3.8, 4) is 0 Å². The standard InChI is InChI=1S/C9H12BrNOS/c10-9-2-1-7(13-9)3-6-4-11-5-8(6)12/h1-2,6,8,11-12H,3-5H2/t6-,8-/m1/s1. The van der Waals surface area contributed by atoms with Crippen LogP contribution in [0.25, 0.3) is 0 Å². The van der Waals surface area contributed by atoms with Gasteiger partial charge in [-0.2, -0.15) is 0 Å². The molecule has 1 aromatic heterocycles. The number of aliphatic hydroxyl groups is 1. The number of β-amino-alcohol motifs (C(OH)–C–C–N with tert-alkyl or cyclic N) is 1. The van der Waals surface area contributed by atoms with Crippen LogP contribution in [0.1, 0.15) is 4.88 Å². The molecule has 0 aromatic carbocycles. The molecule has 0 radical (unpaired) electrons. The fraction of sp³-hybridized carbons (Fsp3) is 0.556. The van der Waals surface area contributed by atoms with Gasteiger partial charge in [0.25, 0.3) is 0 Å². The number of hydrogen-bond acceptors (Lipinski definition) is 3. The van der Waals surface area contributed by atoms with Crippen molar-refractivity contribution in [2.24, 2.45) is 5.92 Å². The smallest absolute Gasteiger partial charge is 0.0708 e. The Bertz CT molecular complexity index is 289. The molecule has 0 unspecified atom stereocenters. The van der Waals surface area contributed by atoms with E-state index in [1.807, 2.05) is 0 Å². The van der Waals surface area contributed by atoms with Gasteiger partial charge in [-0.05, 0) is 34.5 Å². The van der Waals surface area contributed by atoms with Gasteiger partial charge in [-0.1, -0.05) is 0 Å². The van der Waals surface area contributed by atoms with Crippen molar-refractivity contribution in [1.82, 2.24) is 5.32 Å². The van der Waals surface area contributed by atoms with Gasteiger partial charge in [-0.15, -0.1) is 11.3 Å². The number of halogens is 1. The first kappa shape index (κ1) is 9.65. The van der Waals surface area contributed by atoms with E-state index >= 15 is 0 Å². The lowest BCUT2D eigenvalue weighted by Crippen LogP contribution is -2.19. The summed E-state index contributed by atoms with van der Waals surface area (Å²) in [4.78, 5) is 1.35. The molecule has 1 saturated heterocycles. The molecule has 2 rings (SSSR count). The third-order valence-corrected chi connectivity index (χ3v) is 4.04. The highest BCUT2D eigenvalue weighted by atomic mass is 79.9. The van der Waals surface area contributed by atoms with Crippen molar-refractivity contribution in [2.45, 2.75) is 12.5 Å². The zero-order valence-electron chi connectivity index (χ0n) is 7.16. The summed E-state index contributed by atoms with van der Waals surface area (Å²) in [5.41, 5.74) is 0. The summed E-state index contributed by atoms with van der Waals surface area (Å²) < 4.78 is 1.17. The van der Waals surface area contributed by atoms with Gasteiger partial charge in [0.05, 0.1) is 9.89 Å². The summed E-state index contributed by atoms with van der Waals surface area (Å²) >= 11 is 5.19. The number of hydrogen-bond donors (Lipinski definition) is 2. The number of nitrogens with one attached hydrogen (secondary N) is 1. The molecule has 2 N–H and O–H groups in total. The Morgan fingerprint density at radius 1 is 1.54 bits per heavy atom. The maximum atomic E-state index is 9.59. The third-order valence-electron chi connectivity index (χ3n) is 2.40. The molecule has 0 bridgehead atoms. The van der Waals surface area contributed by atoms with Gasteiger partial charge in [0.1, 0.15) is 0 Å². The van der Waals surface area contributed by atoms with Gasteiger partial charge >= 0.3 is 0 Å². The molecule has 1 fully saturated rings. The van der Waals surface area contributed by atoms with Crippen LogP contribution in [-0.4, -0.2) is 24.3 Å². The molecule has 72 valence electrons. The maximum absolute atomic E-state index is 9.59. The average Bonchev–Trinajstić information content (AvgIpc) is 2.64. The maximum Gasteiger partial charge on any atom is 0.0708 e. The fourth-order valence-electron chi connectivity index (χ4n) is 1.65. The summed E-state index contributed by atoms with van der Waals surface area (Å²) in [7, 11) is 0. The first-order valence-electron chi connectivity index (χ1n) is 4.38. The molecule has 0 spiro atoms. The Labute approximate surface area is 90.1 Å². The van der Waals surface area contributed by atoms with Gasteiger partial charge in [-0.3, -0.25) is 0 Å². The zero-order valence-corrected chi connectivity index (χ0v) is 9.57. The van der Waals surface area contributed by atoms with Gasteiger partial charge in [0, 0.05) is 23.9 Å². The van der Waals surface area contributed by atoms with Gasteiger partial charge in [0.15, 0.2) is 0 Å². The van der Waals surface area contributed by atoms with Crippen LogP contribution in [0.4, 0.5) is 0 Å². The van der Waals surface area contributed by atoms with E-state index in [4.69, 9.17) is 0 Å². The van der Waals surface area contributed by atoms with Crippen LogP contribution in [0.15, 0.2) is 15.9 Å². The van der Waals surface area contributed by atoms with E-state index in [-0.39, 0.29) is 6.10 Å². The van der Waals surface area contributed by atoms with Crippen LogP contribution in [0, 0.1) is 5.92 Å². The van der Waals surface area contributed by atoms with E-state index in [2.05, 4.69) is 33.4 Å². The predicted octanol–water partition coefficient (Wildman–Crippen LogP) is 1.63. The summed E-state index contributed by atoms with van der Waals surface area (Å²) in [5, 5.41) is 12.8. The normalized spacial score (nSPS) is 28.2. The number of rotatable bonds is 2. The fourth-order valence-corrected chi connectivity index (χ4v) is 3.22. The van der Waals surface area contributed by atoms with Gasteiger partial charge in [0.2, 0.25) is 0 Å². The minimum atomic E-state index is -0.166. The molecular weight excluding hydrogens is 250 g/mol. The molecule has 1 aromatic rings. The van der Waals surface area contributed by atoms with E-state index in [0.717, 1.165) is 19.5 Å². The van der Waals surface area contributed by atoms with Crippen molar-refractivity contribution in [1.29, 1.82) is 0 Å². The largest absolute Gasteiger partial charge is 0.391 e. The second-order valence-electron chi connectivity index (χ2n) is 3.40. The lowest BCUT2D eigenvalue weighted by Gasteiger charge is -2.10. The van der Waals surface area contributed by atoms with Crippen molar-refractivity contribution < 1.29 is 5.11 Å². The Hall–Kier alpha value is 0.1000. The molecule has 0 aliphatic carbocycles. The molecule has 2 heterocycles. The molecule has 1 aliphatic heterocycles. The molecule has 0 amide bonds. The molecule has 0 saturated carbocycles. The molecule has 2 nitrogen and oxygen atoms in total. The number of thiophene rings is 1. The van der Waals surface area contributed by atoms with Gasteiger partial charge in [-0.25, -0.2) is 0 Å². The molecule has 1 aliphatic rings. The predicted molar refractivity (Wildman–Crippen MR) is 58.1 cm³/mol. The summed E-state index contributed by atoms with van der Waals surface area (Å²) in [6.45, 7) is 1.69. The molecule has 2 atom stereocenters. The van der Waals surface area contributed by atoms with Crippen LogP contribution in [0.5, 0.6) is 0 Å². The Balaban J connectivity index is 1.97. The first-order valence-corrected chi connectivity index (χ1v) is 5.99. The quantitative estimate of drug-likeness (QED) is 0.849. The second-order valence-corrected chi connectivity index (χ2v) is 5.94. The highest BCUT2D eigenvalue weighted by Gasteiger charge is 2.25. The van der Waals surface area contributed by atoms with Crippen LogP contribution >= 0.6 is 27.3 Å². The molecule has 13 heavy (non-hydrogen) atoms. The first-order chi connectivity index (χ1) is 6.25. The SMILES string of the molecule is O[C@@H]1CNC[C@H]1Cc1ccc(Br)s1. The van der Waals surface area contributed by atoms with E-state index in [0.29, 0.717) is 5.92 Å². The summed E-state index contributed by atoms with van der Waals surface area (Å²) in [5.74, 6) is 0.394. The van der Waals surface area contributed by atoms with E-state index < -0.39 is 0 Å². The van der Waals surface area contributed by atoms with Crippen molar-refractivity contribution in [3.63, 3.8) is 0 Å². The van der Waals surface area contributed by atoms with Crippen LogP contribution < -0.4 is 5.32 Å². The monoisotopic (exact) mass is 261 g/mol. The second kappa shape index (κ2) is 4.09.